The maximum absolute atomic E-state index is 12.8. The third-order valence-corrected chi connectivity index (χ3v) is 12.5. The lowest BCUT2D eigenvalue weighted by atomic mass is 10.0. The molecule has 0 radical (unpaired) electrons. The van der Waals surface area contributed by atoms with Gasteiger partial charge in [0, 0.05) is 11.8 Å². The Balaban J connectivity index is 3.71. The smallest absolute Gasteiger partial charge is 0.331 e. The van der Waals surface area contributed by atoms with Crippen LogP contribution in [0.3, 0.4) is 0 Å². The number of nitrogens with zero attached hydrogens (tertiary/aromatic N) is 1. The van der Waals surface area contributed by atoms with E-state index in [0.29, 0.717) is 0 Å². The predicted molar refractivity (Wildman–Crippen MR) is 252 cm³/mol. The van der Waals surface area contributed by atoms with Crippen LogP contribution in [-0.4, -0.2) is 30.3 Å². The Bertz CT molecular complexity index is 774. The van der Waals surface area contributed by atoms with Crippen LogP contribution in [0.1, 0.15) is 297 Å². The Hall–Kier alpha value is -1.14. The first-order chi connectivity index (χ1) is 28.5. The highest BCUT2D eigenvalue weighted by Gasteiger charge is 2.24. The van der Waals surface area contributed by atoms with E-state index in [1.165, 1.54) is 231 Å². The van der Waals surface area contributed by atoms with Gasteiger partial charge in [0.05, 0.1) is 18.4 Å². The number of carbonyl (C=O) groups excluding carboxylic acids is 2. The number of nitrogens with two attached hydrogens (primary N) is 1. The lowest BCUT2D eigenvalue weighted by Gasteiger charge is -2.22. The summed E-state index contributed by atoms with van der Waals surface area (Å²) in [6.45, 7) is 8.81. The molecule has 6 heteroatoms. The first-order valence-corrected chi connectivity index (χ1v) is 26.4. The van der Waals surface area contributed by atoms with Crippen molar-refractivity contribution in [3.05, 3.63) is 0 Å². The zero-order chi connectivity index (χ0) is 42.4. The van der Waals surface area contributed by atoms with Crippen LogP contribution in [0.15, 0.2) is 0 Å². The second-order valence-electron chi connectivity index (χ2n) is 18.5. The van der Waals surface area contributed by atoms with E-state index in [1.54, 1.807) is 0 Å². The molecule has 0 aliphatic carbocycles. The topological polar surface area (TPSA) is 81.9 Å². The van der Waals surface area contributed by atoms with E-state index in [2.05, 4.69) is 13.8 Å². The van der Waals surface area contributed by atoms with E-state index in [9.17, 15) is 9.59 Å². The van der Waals surface area contributed by atoms with E-state index < -0.39 is 0 Å². The first kappa shape index (κ1) is 56.9. The van der Waals surface area contributed by atoms with Crippen molar-refractivity contribution in [2.24, 2.45) is 17.6 Å². The minimum atomic E-state index is -0.346. The predicted octanol–water partition coefficient (Wildman–Crippen LogP) is 16.9. The van der Waals surface area contributed by atoms with Gasteiger partial charge in [-0.3, -0.25) is 0 Å². The number of hydroxylamine groups is 2. The van der Waals surface area contributed by atoms with E-state index in [-0.39, 0.29) is 36.9 Å². The van der Waals surface area contributed by atoms with Crippen molar-refractivity contribution in [3.63, 3.8) is 0 Å². The second kappa shape index (κ2) is 46.9. The molecule has 2 N–H and O–H groups in total. The van der Waals surface area contributed by atoms with Crippen LogP contribution < -0.4 is 5.73 Å². The normalized spacial score (nSPS) is 12.7. The van der Waals surface area contributed by atoms with Gasteiger partial charge in [0.2, 0.25) is 0 Å². The monoisotopic (exact) mass is 821 g/mol. The van der Waals surface area contributed by atoms with Crippen molar-refractivity contribution in [3.8, 4) is 0 Å². The second-order valence-corrected chi connectivity index (χ2v) is 18.5. The summed E-state index contributed by atoms with van der Waals surface area (Å²) in [4.78, 5) is 36.5. The van der Waals surface area contributed by atoms with Crippen LogP contribution in [0.25, 0.3) is 0 Å². The number of hydrogen-bond donors (Lipinski definition) is 1. The lowest BCUT2D eigenvalue weighted by Crippen LogP contribution is -2.37. The zero-order valence-electron chi connectivity index (χ0n) is 39.9. The molecule has 0 fully saturated rings. The van der Waals surface area contributed by atoms with E-state index in [1.807, 2.05) is 13.8 Å². The summed E-state index contributed by atoms with van der Waals surface area (Å²) in [6, 6.07) is 0. The Morgan fingerprint density at radius 3 is 0.741 bits per heavy atom. The standard InChI is InChI=1S/C52H104N2O4/c1-5-7-9-11-13-15-17-19-21-23-25-27-29-31-33-35-37-39-41-43-45-49(3)51(55)57-54(48-47-53)58-52(56)50(4)46-44-42-40-38-36-34-32-30-28-26-24-22-20-18-16-14-12-10-8-6-2/h49-50H,5-48,53H2,1-4H3. The van der Waals surface area contributed by atoms with Gasteiger partial charge in [0.15, 0.2) is 0 Å². The van der Waals surface area contributed by atoms with Crippen LogP contribution in [0.4, 0.5) is 0 Å². The van der Waals surface area contributed by atoms with Gasteiger partial charge < -0.3 is 15.4 Å². The zero-order valence-corrected chi connectivity index (χ0v) is 39.9. The summed E-state index contributed by atoms with van der Waals surface area (Å²) in [5.74, 6) is -1.16. The quantitative estimate of drug-likeness (QED) is 0.0486. The molecule has 0 heterocycles. The van der Waals surface area contributed by atoms with Crippen LogP contribution >= 0.6 is 0 Å². The van der Waals surface area contributed by atoms with Gasteiger partial charge in [-0.1, -0.05) is 285 Å². The molecular weight excluding hydrogens is 717 g/mol. The third kappa shape index (κ3) is 41.6. The summed E-state index contributed by atoms with van der Waals surface area (Å²) in [5, 5.41) is 1.02. The van der Waals surface area contributed by atoms with Crippen LogP contribution in [0, 0.1) is 11.8 Å². The summed E-state index contributed by atoms with van der Waals surface area (Å²) in [6.07, 6.45) is 56.1. The van der Waals surface area contributed by atoms with Crippen LogP contribution in [0.5, 0.6) is 0 Å². The Morgan fingerprint density at radius 1 is 0.362 bits per heavy atom. The maximum atomic E-state index is 12.8. The Kier molecular flexibility index (Phi) is 46.0. The molecule has 2 atom stereocenters. The number of rotatable bonds is 48. The molecule has 0 bridgehead atoms. The van der Waals surface area contributed by atoms with Crippen LogP contribution in [0.2, 0.25) is 0 Å². The van der Waals surface area contributed by atoms with Gasteiger partial charge in [-0.25, -0.2) is 9.59 Å². The molecule has 0 aromatic carbocycles. The number of unbranched alkanes of at least 4 members (excludes halogenated alkanes) is 38. The minimum Gasteiger partial charge on any atom is -0.333 e. The average Bonchev–Trinajstić information content (AvgIpc) is 3.22. The molecule has 6 nitrogen and oxygen atoms in total. The molecule has 0 amide bonds. The van der Waals surface area contributed by atoms with Crippen molar-refractivity contribution in [1.29, 1.82) is 0 Å². The highest BCUT2D eigenvalue weighted by atomic mass is 17.0. The molecular formula is C52H104N2O4. The highest BCUT2D eigenvalue weighted by Crippen LogP contribution is 2.19. The van der Waals surface area contributed by atoms with E-state index in [4.69, 9.17) is 15.4 Å². The molecule has 0 aliphatic rings. The fourth-order valence-corrected chi connectivity index (χ4v) is 8.24. The Labute approximate surface area is 363 Å². The number of carbonyl (C=O) groups is 2. The van der Waals surface area contributed by atoms with Crippen molar-refractivity contribution in [2.75, 3.05) is 13.1 Å². The molecule has 2 unspecified atom stereocenters. The van der Waals surface area contributed by atoms with Crippen molar-refractivity contribution in [2.45, 2.75) is 297 Å². The van der Waals surface area contributed by atoms with Gasteiger partial charge in [-0.05, 0) is 12.8 Å². The highest BCUT2D eigenvalue weighted by molar-refractivity contribution is 5.73. The molecule has 0 aliphatic heterocycles. The maximum Gasteiger partial charge on any atom is 0.331 e. The van der Waals surface area contributed by atoms with Crippen molar-refractivity contribution >= 4 is 11.9 Å². The summed E-state index contributed by atoms with van der Waals surface area (Å²) >= 11 is 0. The summed E-state index contributed by atoms with van der Waals surface area (Å²) in [5.41, 5.74) is 5.74. The average molecular weight is 821 g/mol. The number of hydrogen-bond acceptors (Lipinski definition) is 6. The largest absolute Gasteiger partial charge is 0.333 e. The molecule has 0 aromatic heterocycles. The van der Waals surface area contributed by atoms with E-state index in [0.717, 1.165) is 43.8 Å². The van der Waals surface area contributed by atoms with Gasteiger partial charge in [-0.2, -0.15) is 0 Å². The molecule has 0 saturated carbocycles. The fraction of sp³-hybridized carbons (Fsp3) is 0.962. The van der Waals surface area contributed by atoms with Gasteiger partial charge >= 0.3 is 11.9 Å². The lowest BCUT2D eigenvalue weighted by molar-refractivity contribution is -0.327. The summed E-state index contributed by atoms with van der Waals surface area (Å²) < 4.78 is 0. The molecule has 58 heavy (non-hydrogen) atoms. The third-order valence-electron chi connectivity index (χ3n) is 12.5. The van der Waals surface area contributed by atoms with Gasteiger partial charge in [-0.15, -0.1) is 0 Å². The summed E-state index contributed by atoms with van der Waals surface area (Å²) in [7, 11) is 0. The molecule has 0 spiro atoms. The minimum absolute atomic E-state index is 0.176. The van der Waals surface area contributed by atoms with E-state index >= 15 is 0 Å². The van der Waals surface area contributed by atoms with Crippen molar-refractivity contribution < 1.29 is 19.3 Å². The molecule has 346 valence electrons. The van der Waals surface area contributed by atoms with Crippen LogP contribution in [-0.2, 0) is 19.3 Å². The first-order valence-electron chi connectivity index (χ1n) is 26.4. The molecule has 0 saturated heterocycles. The van der Waals surface area contributed by atoms with Gasteiger partial charge in [0.1, 0.15) is 0 Å². The molecule has 0 rings (SSSR count). The fourth-order valence-electron chi connectivity index (χ4n) is 8.24. The van der Waals surface area contributed by atoms with Crippen molar-refractivity contribution in [1.82, 2.24) is 5.23 Å². The molecule has 0 aromatic rings. The Morgan fingerprint density at radius 2 is 0.552 bits per heavy atom. The van der Waals surface area contributed by atoms with Gasteiger partial charge in [0.25, 0.3) is 0 Å². The SMILES string of the molecule is CCCCCCCCCCCCCCCCCCCCCCC(C)C(=O)ON(CCN)OC(=O)C(C)CCCCCCCCCCCCCCCCCCCCCC.